The van der Waals surface area contributed by atoms with Gasteiger partial charge in [-0.25, -0.2) is 14.6 Å². The Morgan fingerprint density at radius 3 is 2.54 bits per heavy atom. The Labute approximate surface area is 227 Å². The van der Waals surface area contributed by atoms with Crippen LogP contribution in [0, 0.1) is 13.8 Å². The normalized spacial score (nSPS) is 11.2. The van der Waals surface area contributed by atoms with Gasteiger partial charge in [0.25, 0.3) is 5.91 Å². The van der Waals surface area contributed by atoms with Crippen LogP contribution in [0.5, 0.6) is 0 Å². The number of amides is 1. The van der Waals surface area contributed by atoms with Crippen LogP contribution in [0.25, 0.3) is 16.6 Å². The number of hydrogen-bond acceptors (Lipinski definition) is 6. The molecule has 0 aliphatic rings. The maximum atomic E-state index is 13.2. The lowest BCUT2D eigenvalue weighted by Crippen LogP contribution is -2.27. The molecular weight excluding hydrogens is 529 g/mol. The summed E-state index contributed by atoms with van der Waals surface area (Å²) < 4.78 is 1.59. The van der Waals surface area contributed by atoms with Crippen molar-refractivity contribution in [1.82, 2.24) is 35.3 Å². The fourth-order valence-corrected chi connectivity index (χ4v) is 5.56. The number of carbonyl (C=O) groups excluding carboxylic acids is 1. The van der Waals surface area contributed by atoms with Crippen LogP contribution < -0.4 is 5.32 Å². The first-order valence-corrected chi connectivity index (χ1v) is 13.3. The highest BCUT2D eigenvalue weighted by molar-refractivity contribution is 7.98. The summed E-state index contributed by atoms with van der Waals surface area (Å²) in [6, 6.07) is 15.1. The minimum Gasteiger partial charge on any atom is -0.361 e. The monoisotopic (exact) mass is 551 g/mol. The minimum atomic E-state index is -0.309. The highest BCUT2D eigenvalue weighted by atomic mass is 35.5. The number of aryl methyl sites for hydroxylation is 2. The second-order valence-electron chi connectivity index (χ2n) is 8.51. The molecular formula is C26H23Cl2N7OS. The van der Waals surface area contributed by atoms with Crippen molar-refractivity contribution in [2.24, 2.45) is 0 Å². The molecule has 2 aromatic carbocycles. The number of hydrogen-bond donors (Lipinski definition) is 2. The average Bonchev–Trinajstić information content (AvgIpc) is 3.46. The highest BCUT2D eigenvalue weighted by Crippen LogP contribution is 2.27. The second-order valence-corrected chi connectivity index (χ2v) is 10.3. The SMILES string of the molecule is Cc1cc(C)nc(SCc2c(C(=O)NCCc3c[nH]c4ccccc34)nnn2-c2cc(Cl)cc(Cl)c2)n1. The number of rotatable bonds is 8. The van der Waals surface area contributed by atoms with Gasteiger partial charge in [-0.2, -0.15) is 0 Å². The van der Waals surface area contributed by atoms with E-state index in [2.05, 4.69) is 36.6 Å². The molecule has 3 aromatic heterocycles. The Morgan fingerprint density at radius 2 is 1.78 bits per heavy atom. The number of carbonyl (C=O) groups is 1. The van der Waals surface area contributed by atoms with Crippen LogP contribution in [0.2, 0.25) is 10.0 Å². The lowest BCUT2D eigenvalue weighted by molar-refractivity contribution is 0.0948. The van der Waals surface area contributed by atoms with Crippen molar-refractivity contribution in [1.29, 1.82) is 0 Å². The van der Waals surface area contributed by atoms with E-state index in [-0.39, 0.29) is 11.6 Å². The zero-order valence-corrected chi connectivity index (χ0v) is 22.5. The lowest BCUT2D eigenvalue weighted by Gasteiger charge is -2.10. The molecule has 0 aliphatic heterocycles. The summed E-state index contributed by atoms with van der Waals surface area (Å²) in [5.41, 5.74) is 5.38. The molecule has 8 nitrogen and oxygen atoms in total. The van der Waals surface area contributed by atoms with Crippen LogP contribution >= 0.6 is 35.0 Å². The van der Waals surface area contributed by atoms with Gasteiger partial charge in [0, 0.05) is 50.8 Å². The van der Waals surface area contributed by atoms with Gasteiger partial charge in [-0.1, -0.05) is 58.4 Å². The van der Waals surface area contributed by atoms with Gasteiger partial charge < -0.3 is 10.3 Å². The largest absolute Gasteiger partial charge is 0.361 e. The number of para-hydroxylation sites is 1. The summed E-state index contributed by atoms with van der Waals surface area (Å²) in [7, 11) is 0. The topological polar surface area (TPSA) is 101 Å². The first kappa shape index (κ1) is 25.3. The molecule has 0 saturated heterocycles. The van der Waals surface area contributed by atoms with Gasteiger partial charge in [0.1, 0.15) is 0 Å². The summed E-state index contributed by atoms with van der Waals surface area (Å²) >= 11 is 13.9. The molecule has 3 heterocycles. The van der Waals surface area contributed by atoms with Crippen LogP contribution in [0.1, 0.15) is 33.1 Å². The molecule has 0 aliphatic carbocycles. The van der Waals surface area contributed by atoms with E-state index in [1.165, 1.54) is 11.8 Å². The van der Waals surface area contributed by atoms with Crippen LogP contribution in [-0.4, -0.2) is 42.4 Å². The van der Waals surface area contributed by atoms with Crippen LogP contribution in [0.15, 0.2) is 59.9 Å². The average molecular weight is 552 g/mol. The van der Waals surface area contributed by atoms with Crippen LogP contribution in [-0.2, 0) is 12.2 Å². The molecule has 0 bridgehead atoms. The number of halogens is 2. The van der Waals surface area contributed by atoms with E-state index in [1.54, 1.807) is 22.9 Å². The van der Waals surface area contributed by atoms with Crippen LogP contribution in [0.4, 0.5) is 0 Å². The number of nitrogens with zero attached hydrogens (tertiary/aromatic N) is 5. The standard InChI is InChI=1S/C26H23Cl2N7OS/c1-15-9-16(2)32-26(31-15)37-14-23-24(33-34-35(23)20-11-18(27)10-19(28)12-20)25(36)29-8-7-17-13-30-22-6-4-3-5-21(17)22/h3-6,9-13,30H,7-8,14H2,1-2H3,(H,29,36). The fourth-order valence-electron chi connectivity index (χ4n) is 4.10. The van der Waals surface area contributed by atoms with E-state index in [9.17, 15) is 4.79 Å². The number of aromatic amines is 1. The number of nitrogens with one attached hydrogen (secondary N) is 2. The van der Waals surface area contributed by atoms with Gasteiger partial charge in [-0.3, -0.25) is 4.79 Å². The quantitative estimate of drug-likeness (QED) is 0.189. The maximum absolute atomic E-state index is 13.2. The zero-order valence-electron chi connectivity index (χ0n) is 20.1. The molecule has 5 aromatic rings. The summed E-state index contributed by atoms with van der Waals surface area (Å²) in [5, 5.41) is 14.1. The van der Waals surface area contributed by atoms with Gasteiger partial charge in [-0.05, 0) is 56.2 Å². The molecule has 0 atom stereocenters. The van der Waals surface area contributed by atoms with Gasteiger partial charge in [0.15, 0.2) is 10.9 Å². The third-order valence-electron chi connectivity index (χ3n) is 5.72. The molecule has 0 radical (unpaired) electrons. The van der Waals surface area contributed by atoms with E-state index in [0.717, 1.165) is 27.9 Å². The number of H-pyrrole nitrogens is 1. The highest BCUT2D eigenvalue weighted by Gasteiger charge is 2.22. The smallest absolute Gasteiger partial charge is 0.273 e. The summed E-state index contributed by atoms with van der Waals surface area (Å²) in [4.78, 5) is 25.5. The van der Waals surface area contributed by atoms with Gasteiger partial charge in [0.2, 0.25) is 0 Å². The summed E-state index contributed by atoms with van der Waals surface area (Å²) in [5.74, 6) is 0.0572. The second kappa shape index (κ2) is 10.9. The number of fused-ring (bicyclic) bond motifs is 1. The molecule has 11 heteroatoms. The first-order chi connectivity index (χ1) is 17.9. The minimum absolute atomic E-state index is 0.229. The molecule has 0 spiro atoms. The van der Waals surface area contributed by atoms with E-state index in [4.69, 9.17) is 23.2 Å². The molecule has 2 N–H and O–H groups in total. The molecule has 0 unspecified atom stereocenters. The molecule has 5 rings (SSSR count). The molecule has 37 heavy (non-hydrogen) atoms. The predicted octanol–water partition coefficient (Wildman–Crippen LogP) is 5.73. The van der Waals surface area contributed by atoms with Gasteiger partial charge in [0.05, 0.1) is 11.4 Å². The van der Waals surface area contributed by atoms with E-state index in [1.807, 2.05) is 44.3 Å². The van der Waals surface area contributed by atoms with Crippen molar-refractivity contribution in [3.05, 3.63) is 93.1 Å². The Hall–Kier alpha value is -3.40. The van der Waals surface area contributed by atoms with Gasteiger partial charge in [-0.15, -0.1) is 5.10 Å². The lowest BCUT2D eigenvalue weighted by atomic mass is 10.1. The number of aromatic nitrogens is 6. The van der Waals surface area contributed by atoms with Crippen molar-refractivity contribution in [3.63, 3.8) is 0 Å². The van der Waals surface area contributed by atoms with E-state index < -0.39 is 0 Å². The maximum Gasteiger partial charge on any atom is 0.273 e. The Morgan fingerprint density at radius 1 is 1.05 bits per heavy atom. The van der Waals surface area contributed by atoms with Crippen molar-refractivity contribution >= 4 is 51.8 Å². The molecule has 1 amide bonds. The Bertz CT molecular complexity index is 1560. The molecule has 0 fully saturated rings. The summed E-state index contributed by atoms with van der Waals surface area (Å²) in [6.45, 7) is 4.29. The zero-order chi connectivity index (χ0) is 25.9. The molecule has 0 saturated carbocycles. The Balaban J connectivity index is 1.39. The molecule has 188 valence electrons. The first-order valence-electron chi connectivity index (χ1n) is 11.6. The fraction of sp³-hybridized carbons (Fsp3) is 0.192. The van der Waals surface area contributed by atoms with Crippen molar-refractivity contribution < 1.29 is 4.79 Å². The van der Waals surface area contributed by atoms with E-state index >= 15 is 0 Å². The third-order valence-corrected chi connectivity index (χ3v) is 7.02. The van der Waals surface area contributed by atoms with Crippen molar-refractivity contribution in [2.75, 3.05) is 6.54 Å². The number of thioether (sulfide) groups is 1. The Kier molecular flexibility index (Phi) is 7.45. The van der Waals surface area contributed by atoms with Gasteiger partial charge >= 0.3 is 0 Å². The number of benzene rings is 2. The van der Waals surface area contributed by atoms with E-state index in [0.29, 0.717) is 45.3 Å². The van der Waals surface area contributed by atoms with Crippen molar-refractivity contribution in [3.8, 4) is 5.69 Å². The third kappa shape index (κ3) is 5.79. The van der Waals surface area contributed by atoms with Crippen LogP contribution in [0.3, 0.4) is 0 Å². The summed E-state index contributed by atoms with van der Waals surface area (Å²) in [6.07, 6.45) is 2.65. The predicted molar refractivity (Wildman–Crippen MR) is 147 cm³/mol. The van der Waals surface area contributed by atoms with Crippen molar-refractivity contribution in [2.45, 2.75) is 31.2 Å².